The van der Waals surface area contributed by atoms with Gasteiger partial charge in [-0.1, -0.05) is 19.3 Å². The van der Waals surface area contributed by atoms with Gasteiger partial charge in [0.1, 0.15) is 5.82 Å². The average molecular weight is 295 g/mol. The Morgan fingerprint density at radius 1 is 1.35 bits per heavy atom. The maximum absolute atomic E-state index is 11.1. The predicted octanol–water partition coefficient (Wildman–Crippen LogP) is 3.25. The highest BCUT2D eigenvalue weighted by molar-refractivity contribution is 7.09. The Hall–Kier alpha value is -1.17. The summed E-state index contributed by atoms with van der Waals surface area (Å²) in [5.74, 6) is 0.850. The highest BCUT2D eigenvalue weighted by Crippen LogP contribution is 2.41. The number of carbonyl (C=O) groups is 1. The third kappa shape index (κ3) is 3.29. The fourth-order valence-electron chi connectivity index (χ4n) is 3.12. The normalized spacial score (nSPS) is 21.6. The summed E-state index contributed by atoms with van der Waals surface area (Å²) in [6.45, 7) is 0.707. The van der Waals surface area contributed by atoms with E-state index in [1.165, 1.54) is 30.8 Å². The first-order valence-corrected chi connectivity index (χ1v) is 8.24. The molecule has 2 aliphatic carbocycles. The van der Waals surface area contributed by atoms with Gasteiger partial charge in [0, 0.05) is 24.0 Å². The Morgan fingerprint density at radius 3 is 2.75 bits per heavy atom. The van der Waals surface area contributed by atoms with Gasteiger partial charge in [0.05, 0.1) is 6.42 Å². The van der Waals surface area contributed by atoms with Gasteiger partial charge in [-0.05, 0) is 31.1 Å². The van der Waals surface area contributed by atoms with Crippen LogP contribution >= 0.6 is 11.5 Å². The summed E-state index contributed by atoms with van der Waals surface area (Å²) in [7, 11) is 0. The Balaban J connectivity index is 1.61. The zero-order valence-electron chi connectivity index (χ0n) is 11.6. The number of nitrogens with one attached hydrogen (secondary N) is 1. The van der Waals surface area contributed by atoms with Crippen molar-refractivity contribution < 1.29 is 9.90 Å². The SMILES string of the molecule is O=C(O)CC1(CNc2nc(C3CC3)ns2)CCCCC1. The van der Waals surface area contributed by atoms with Crippen molar-refractivity contribution >= 4 is 22.6 Å². The topological polar surface area (TPSA) is 75.1 Å². The monoisotopic (exact) mass is 295 g/mol. The Morgan fingerprint density at radius 2 is 2.10 bits per heavy atom. The van der Waals surface area contributed by atoms with Gasteiger partial charge >= 0.3 is 5.97 Å². The number of carboxylic acids is 1. The first kappa shape index (κ1) is 13.8. The second-order valence-corrected chi connectivity index (χ2v) is 6.97. The number of anilines is 1. The van der Waals surface area contributed by atoms with E-state index in [9.17, 15) is 4.79 Å². The molecule has 0 unspecified atom stereocenters. The molecule has 0 saturated heterocycles. The van der Waals surface area contributed by atoms with Gasteiger partial charge in [0.15, 0.2) is 0 Å². The Kier molecular flexibility index (Phi) is 3.92. The van der Waals surface area contributed by atoms with E-state index in [1.807, 2.05) is 0 Å². The number of nitrogens with zero attached hydrogens (tertiary/aromatic N) is 2. The molecule has 2 saturated carbocycles. The van der Waals surface area contributed by atoms with Gasteiger partial charge in [-0.3, -0.25) is 4.79 Å². The molecular formula is C14H21N3O2S. The average Bonchev–Trinajstić information content (AvgIpc) is 3.16. The molecule has 0 atom stereocenters. The fraction of sp³-hybridized carbons (Fsp3) is 0.786. The number of hydrogen-bond acceptors (Lipinski definition) is 5. The molecule has 0 bridgehead atoms. The van der Waals surface area contributed by atoms with E-state index in [-0.39, 0.29) is 11.8 Å². The molecule has 6 heteroatoms. The zero-order chi connectivity index (χ0) is 14.0. The van der Waals surface area contributed by atoms with Crippen LogP contribution in [0.2, 0.25) is 0 Å². The van der Waals surface area contributed by atoms with Crippen LogP contribution in [-0.2, 0) is 4.79 Å². The van der Waals surface area contributed by atoms with Gasteiger partial charge in [0.25, 0.3) is 0 Å². The Bertz CT molecular complexity index is 479. The molecule has 1 aromatic rings. The summed E-state index contributed by atoms with van der Waals surface area (Å²) in [4.78, 5) is 15.6. The molecule has 0 aliphatic heterocycles. The van der Waals surface area contributed by atoms with Crippen LogP contribution in [-0.4, -0.2) is 27.0 Å². The summed E-state index contributed by atoms with van der Waals surface area (Å²) in [6.07, 6.45) is 8.18. The van der Waals surface area contributed by atoms with Crippen LogP contribution in [0.3, 0.4) is 0 Å². The lowest BCUT2D eigenvalue weighted by Gasteiger charge is -2.36. The smallest absolute Gasteiger partial charge is 0.303 e. The molecule has 2 N–H and O–H groups in total. The van der Waals surface area contributed by atoms with Gasteiger partial charge in [-0.25, -0.2) is 4.98 Å². The maximum atomic E-state index is 11.1. The van der Waals surface area contributed by atoms with Crippen LogP contribution in [0.15, 0.2) is 0 Å². The molecule has 1 heterocycles. The number of carboxylic acid groups (broad SMARTS) is 1. The van der Waals surface area contributed by atoms with Crippen LogP contribution < -0.4 is 5.32 Å². The molecule has 20 heavy (non-hydrogen) atoms. The quantitative estimate of drug-likeness (QED) is 0.842. The number of aliphatic carboxylic acids is 1. The largest absolute Gasteiger partial charge is 0.481 e. The molecule has 2 aliphatic rings. The third-order valence-corrected chi connectivity index (χ3v) is 5.13. The lowest BCUT2D eigenvalue weighted by atomic mass is 9.72. The van der Waals surface area contributed by atoms with E-state index in [0.717, 1.165) is 36.6 Å². The van der Waals surface area contributed by atoms with E-state index in [4.69, 9.17) is 5.11 Å². The second kappa shape index (κ2) is 5.68. The van der Waals surface area contributed by atoms with E-state index in [2.05, 4.69) is 14.7 Å². The van der Waals surface area contributed by atoms with Gasteiger partial charge in [-0.2, -0.15) is 4.37 Å². The van der Waals surface area contributed by atoms with E-state index < -0.39 is 5.97 Å². The lowest BCUT2D eigenvalue weighted by molar-refractivity contribution is -0.140. The summed E-state index contributed by atoms with van der Waals surface area (Å²) in [5, 5.41) is 13.4. The standard InChI is InChI=1S/C14H21N3O2S/c18-11(19)8-14(6-2-1-3-7-14)9-15-13-16-12(17-20-13)10-4-5-10/h10H,1-9H2,(H,18,19)(H,15,16,17). The van der Waals surface area contributed by atoms with Gasteiger partial charge in [0.2, 0.25) is 5.13 Å². The fourth-order valence-corrected chi connectivity index (χ4v) is 3.76. The van der Waals surface area contributed by atoms with E-state index in [0.29, 0.717) is 12.5 Å². The van der Waals surface area contributed by atoms with Crippen LogP contribution in [0.1, 0.15) is 63.1 Å². The maximum Gasteiger partial charge on any atom is 0.303 e. The summed E-state index contributed by atoms with van der Waals surface area (Å²) in [5.41, 5.74) is -0.102. The van der Waals surface area contributed by atoms with Gasteiger partial charge in [-0.15, -0.1) is 0 Å². The zero-order valence-corrected chi connectivity index (χ0v) is 12.4. The van der Waals surface area contributed by atoms with Crippen molar-refractivity contribution in [3.63, 3.8) is 0 Å². The van der Waals surface area contributed by atoms with E-state index in [1.54, 1.807) is 0 Å². The molecule has 3 rings (SSSR count). The van der Waals surface area contributed by atoms with Crippen molar-refractivity contribution in [3.05, 3.63) is 5.82 Å². The van der Waals surface area contributed by atoms with Crippen LogP contribution in [0, 0.1) is 5.41 Å². The third-order valence-electron chi connectivity index (χ3n) is 4.44. The summed E-state index contributed by atoms with van der Waals surface area (Å²) in [6, 6.07) is 0. The van der Waals surface area contributed by atoms with E-state index >= 15 is 0 Å². The number of aromatic nitrogens is 2. The van der Waals surface area contributed by atoms with Crippen LogP contribution in [0.25, 0.3) is 0 Å². The molecule has 0 aromatic carbocycles. The van der Waals surface area contributed by atoms with Crippen LogP contribution in [0.4, 0.5) is 5.13 Å². The lowest BCUT2D eigenvalue weighted by Crippen LogP contribution is -2.34. The summed E-state index contributed by atoms with van der Waals surface area (Å²) >= 11 is 1.40. The molecule has 1 aromatic heterocycles. The molecule has 110 valence electrons. The number of hydrogen-bond donors (Lipinski definition) is 2. The number of rotatable bonds is 6. The molecular weight excluding hydrogens is 274 g/mol. The molecule has 0 spiro atoms. The highest BCUT2D eigenvalue weighted by Gasteiger charge is 2.35. The van der Waals surface area contributed by atoms with Crippen LogP contribution in [0.5, 0.6) is 0 Å². The molecule has 2 fully saturated rings. The minimum absolute atomic E-state index is 0.102. The van der Waals surface area contributed by atoms with Crippen molar-refractivity contribution in [3.8, 4) is 0 Å². The summed E-state index contributed by atoms with van der Waals surface area (Å²) < 4.78 is 4.38. The molecule has 5 nitrogen and oxygen atoms in total. The van der Waals surface area contributed by atoms with Crippen molar-refractivity contribution in [2.45, 2.75) is 57.3 Å². The van der Waals surface area contributed by atoms with Gasteiger partial charge < -0.3 is 10.4 Å². The van der Waals surface area contributed by atoms with Crippen molar-refractivity contribution in [2.24, 2.45) is 5.41 Å². The van der Waals surface area contributed by atoms with Crippen molar-refractivity contribution in [1.82, 2.24) is 9.36 Å². The minimum Gasteiger partial charge on any atom is -0.481 e. The highest BCUT2D eigenvalue weighted by atomic mass is 32.1. The first-order valence-electron chi connectivity index (χ1n) is 7.46. The molecule has 0 amide bonds. The second-order valence-electron chi connectivity index (χ2n) is 6.22. The van der Waals surface area contributed by atoms with Crippen molar-refractivity contribution in [1.29, 1.82) is 0 Å². The first-order chi connectivity index (χ1) is 9.67. The Labute approximate surface area is 123 Å². The van der Waals surface area contributed by atoms with Crippen molar-refractivity contribution in [2.75, 3.05) is 11.9 Å². The predicted molar refractivity (Wildman–Crippen MR) is 78.1 cm³/mol. The minimum atomic E-state index is -0.690. The molecule has 0 radical (unpaired) electrons.